The average molecular weight is 1100 g/mol. The molecule has 7 amide bonds. The zero-order chi connectivity index (χ0) is 59.1. The lowest BCUT2D eigenvalue weighted by Crippen LogP contribution is -2.58. The molecule has 0 heterocycles. The molecule has 0 spiro atoms. The van der Waals surface area contributed by atoms with Crippen LogP contribution in [0.4, 0.5) is 0 Å². The minimum Gasteiger partial charge on any atom is -0.481 e. The molecule has 2 aromatic rings. The summed E-state index contributed by atoms with van der Waals surface area (Å²) in [6, 6.07) is 13.1. The summed E-state index contributed by atoms with van der Waals surface area (Å²) in [4.78, 5) is 142. The molecule has 2 aromatic carbocycles. The molecule has 0 saturated heterocycles. The second-order valence-corrected chi connectivity index (χ2v) is 20.7. The minimum absolute atomic E-state index is 0.0205. The van der Waals surface area contributed by atoms with Crippen LogP contribution in [0.2, 0.25) is 0 Å². The van der Waals surface area contributed by atoms with E-state index in [4.69, 9.17) is 5.73 Å². The van der Waals surface area contributed by atoms with Crippen molar-refractivity contribution in [3.8, 4) is 0 Å². The van der Waals surface area contributed by atoms with E-state index in [1.54, 1.807) is 20.8 Å². The Morgan fingerprint density at radius 1 is 0.513 bits per heavy atom. The van der Waals surface area contributed by atoms with E-state index in [1.807, 2.05) is 101 Å². The molecule has 434 valence electrons. The number of rotatable bonds is 35. The largest absolute Gasteiger partial charge is 0.481 e. The molecule has 0 aliphatic rings. The highest BCUT2D eigenvalue weighted by molar-refractivity contribution is 5.97. The molecular weight excluding hydrogens is 1010 g/mol. The van der Waals surface area contributed by atoms with Crippen molar-refractivity contribution < 1.29 is 68.1 Å². The molecule has 0 saturated carbocycles. The van der Waals surface area contributed by atoms with E-state index < -0.39 is 151 Å². The number of hydrogen-bond donors (Lipinski definition) is 11. The van der Waals surface area contributed by atoms with Gasteiger partial charge in [-0.05, 0) is 67.8 Å². The first-order valence-corrected chi connectivity index (χ1v) is 26.8. The first-order chi connectivity index (χ1) is 36.7. The van der Waals surface area contributed by atoms with Gasteiger partial charge in [-0.1, -0.05) is 135 Å². The van der Waals surface area contributed by atoms with Gasteiger partial charge in [0.15, 0.2) is 5.78 Å². The lowest BCUT2D eigenvalue weighted by Gasteiger charge is -2.29. The number of ketones is 1. The highest BCUT2D eigenvalue weighted by atomic mass is 16.4. The van der Waals surface area contributed by atoms with Crippen molar-refractivity contribution in [1.82, 2.24) is 37.2 Å². The summed E-state index contributed by atoms with van der Waals surface area (Å²) in [6.07, 6.45) is -1.51. The first kappa shape index (κ1) is 68.8. The Labute approximate surface area is 458 Å². The number of benzene rings is 2. The van der Waals surface area contributed by atoms with Gasteiger partial charge in [-0.25, -0.2) is 0 Å². The first-order valence-electron chi connectivity index (χ1n) is 26.8. The van der Waals surface area contributed by atoms with Crippen LogP contribution >= 0.6 is 0 Å². The fourth-order valence-electron chi connectivity index (χ4n) is 8.04. The van der Waals surface area contributed by atoms with Gasteiger partial charge in [0.1, 0.15) is 24.2 Å². The summed E-state index contributed by atoms with van der Waals surface area (Å²) in [5.74, 6) is -11.7. The van der Waals surface area contributed by atoms with E-state index in [0.717, 1.165) is 5.56 Å². The number of carbonyl (C=O) groups excluding carboxylic acids is 8. The SMILES string of the molecule is CCC(NC(=O)C(CCC(=O)O)NC(=O)CNC(=O)CC(CC(C)C)NC(=O)C(NC(=O)C(CC(C)C)NC(=O)C(N)Cc1ccccc1)C(C)CC)C(=O)NC(CCC(=O)O)C(=O)CC(C(=O)O)C(C)C.c1ccccc1. The number of nitrogens with two attached hydrogens (primary N) is 1. The smallest absolute Gasteiger partial charge is 0.307 e. The predicted octanol–water partition coefficient (Wildman–Crippen LogP) is 3.25. The molecule has 2 rings (SSSR count). The van der Waals surface area contributed by atoms with E-state index in [-0.39, 0.29) is 49.9 Å². The average Bonchev–Trinajstić information content (AvgIpc) is 3.37. The Bertz CT molecular complexity index is 2220. The van der Waals surface area contributed by atoms with Crippen molar-refractivity contribution in [2.24, 2.45) is 35.3 Å². The summed E-state index contributed by atoms with van der Waals surface area (Å²) in [7, 11) is 0. The number of carbonyl (C=O) groups is 11. The normalized spacial score (nSPS) is 14.5. The van der Waals surface area contributed by atoms with Crippen LogP contribution in [-0.4, -0.2) is 129 Å². The highest BCUT2D eigenvalue weighted by Gasteiger charge is 2.35. The fraction of sp³-hybridized carbons (Fsp3) is 0.589. The maximum atomic E-state index is 14.0. The summed E-state index contributed by atoms with van der Waals surface area (Å²) in [5, 5.41) is 46.3. The molecule has 22 nitrogen and oxygen atoms in total. The summed E-state index contributed by atoms with van der Waals surface area (Å²) in [5.41, 5.74) is 7.06. The Morgan fingerprint density at radius 2 is 1.00 bits per heavy atom. The van der Waals surface area contributed by atoms with Crippen LogP contribution in [0.5, 0.6) is 0 Å². The third-order valence-electron chi connectivity index (χ3n) is 12.7. The number of aliphatic carboxylic acids is 3. The standard InChI is InChI=1S/C50H80N8O14.C6H6/c1-10-30(9)44(58-48(69)38(22-28(5)6)57-45(66)34(51)23-31-15-13-12-14-16-31)49(70)53-32(21-27(3)4)24-40(60)52-26-41(61)54-37(18-20-43(64)65)47(68)55-35(11-2)46(67)56-36(17-19-42(62)63)39(59)25-33(29(7)8)50(71)72;1-2-4-6-5-3-1/h12-16,27-30,32-38,44H,10-11,17-26,51H2,1-9H3,(H,52,60)(H,53,70)(H,54,61)(H,55,68)(H,56,67)(H,57,66)(H,58,69)(H,62,63)(H,64,65)(H,71,72);1-6H. The van der Waals surface area contributed by atoms with Gasteiger partial charge >= 0.3 is 17.9 Å². The molecule has 0 aliphatic heterocycles. The van der Waals surface area contributed by atoms with Crippen molar-refractivity contribution >= 4 is 65.0 Å². The lowest BCUT2D eigenvalue weighted by atomic mass is 9.88. The predicted molar refractivity (Wildman–Crippen MR) is 292 cm³/mol. The lowest BCUT2D eigenvalue weighted by molar-refractivity contribution is -0.146. The second kappa shape index (κ2) is 36.7. The maximum Gasteiger partial charge on any atom is 0.307 e. The monoisotopic (exact) mass is 1090 g/mol. The van der Waals surface area contributed by atoms with E-state index in [2.05, 4.69) is 37.2 Å². The van der Waals surface area contributed by atoms with Gasteiger partial charge in [0.2, 0.25) is 41.4 Å². The molecule has 9 unspecified atom stereocenters. The van der Waals surface area contributed by atoms with Crippen molar-refractivity contribution in [3.63, 3.8) is 0 Å². The van der Waals surface area contributed by atoms with E-state index in [9.17, 15) is 68.1 Å². The molecule has 0 aliphatic carbocycles. The quantitative estimate of drug-likeness (QED) is 0.0472. The number of carboxylic acids is 3. The zero-order valence-corrected chi connectivity index (χ0v) is 46.7. The van der Waals surface area contributed by atoms with Gasteiger partial charge in [0.25, 0.3) is 0 Å². The topological polar surface area (TPSA) is 359 Å². The van der Waals surface area contributed by atoms with E-state index >= 15 is 0 Å². The molecule has 0 radical (unpaired) electrons. The van der Waals surface area contributed by atoms with Crippen LogP contribution in [0, 0.1) is 29.6 Å². The second-order valence-electron chi connectivity index (χ2n) is 20.7. The number of carboxylic acid groups (broad SMARTS) is 3. The van der Waals surface area contributed by atoms with Crippen molar-refractivity contribution in [2.75, 3.05) is 6.54 Å². The molecule has 9 atom stereocenters. The number of Topliss-reactive ketones (excluding diaryl/α,β-unsaturated/α-hetero) is 1. The maximum absolute atomic E-state index is 14.0. The third-order valence-corrected chi connectivity index (χ3v) is 12.7. The van der Waals surface area contributed by atoms with Gasteiger partial charge in [0, 0.05) is 31.7 Å². The summed E-state index contributed by atoms with van der Waals surface area (Å²) < 4.78 is 0. The number of hydrogen-bond acceptors (Lipinski definition) is 12. The zero-order valence-electron chi connectivity index (χ0n) is 46.7. The Morgan fingerprint density at radius 3 is 1.49 bits per heavy atom. The van der Waals surface area contributed by atoms with Gasteiger partial charge in [-0.15, -0.1) is 0 Å². The van der Waals surface area contributed by atoms with Crippen molar-refractivity contribution in [3.05, 3.63) is 72.3 Å². The molecular formula is C56H86N8O14. The molecule has 22 heteroatoms. The van der Waals surface area contributed by atoms with E-state index in [0.29, 0.717) is 12.8 Å². The van der Waals surface area contributed by atoms with Crippen LogP contribution in [-0.2, 0) is 59.2 Å². The van der Waals surface area contributed by atoms with Gasteiger partial charge in [-0.3, -0.25) is 52.7 Å². The van der Waals surface area contributed by atoms with Crippen LogP contribution < -0.4 is 43.0 Å². The Hall–Kier alpha value is -7.23. The fourth-order valence-corrected chi connectivity index (χ4v) is 8.04. The molecule has 78 heavy (non-hydrogen) atoms. The number of nitrogens with one attached hydrogen (secondary N) is 7. The van der Waals surface area contributed by atoms with Crippen LogP contribution in [0.3, 0.4) is 0 Å². The molecule has 0 aromatic heterocycles. The third kappa shape index (κ3) is 28.2. The van der Waals surface area contributed by atoms with Gasteiger partial charge in [-0.2, -0.15) is 0 Å². The van der Waals surface area contributed by atoms with Crippen molar-refractivity contribution in [2.45, 2.75) is 175 Å². The van der Waals surface area contributed by atoms with Crippen LogP contribution in [0.1, 0.15) is 132 Å². The van der Waals surface area contributed by atoms with Gasteiger partial charge in [0.05, 0.1) is 24.5 Å². The van der Waals surface area contributed by atoms with Gasteiger partial charge < -0.3 is 58.3 Å². The molecule has 0 fully saturated rings. The summed E-state index contributed by atoms with van der Waals surface area (Å²) >= 11 is 0. The van der Waals surface area contributed by atoms with Crippen LogP contribution in [0.25, 0.3) is 0 Å². The van der Waals surface area contributed by atoms with Crippen molar-refractivity contribution in [1.29, 1.82) is 0 Å². The Kier molecular flexibility index (Phi) is 32.4. The van der Waals surface area contributed by atoms with E-state index in [1.165, 1.54) is 6.92 Å². The highest BCUT2D eigenvalue weighted by Crippen LogP contribution is 2.19. The Balaban J connectivity index is 0.00000471. The number of amides is 7. The summed E-state index contributed by atoms with van der Waals surface area (Å²) in [6.45, 7) is 15.1. The minimum atomic E-state index is -1.53. The van der Waals surface area contributed by atoms with Crippen LogP contribution in [0.15, 0.2) is 66.7 Å². The molecule has 12 N–H and O–H groups in total. The molecule has 0 bridgehead atoms.